The maximum absolute atomic E-state index is 12.3. The average Bonchev–Trinajstić information content (AvgIpc) is 2.39. The lowest BCUT2D eigenvalue weighted by molar-refractivity contribution is -0.143. The summed E-state index contributed by atoms with van der Waals surface area (Å²) in [6.45, 7) is 4.92. The molecule has 0 aliphatic carbocycles. The van der Waals surface area contributed by atoms with Crippen molar-refractivity contribution in [2.75, 3.05) is 26.2 Å². The van der Waals surface area contributed by atoms with Gasteiger partial charge in [-0.3, -0.25) is 4.79 Å². The molecule has 5 nitrogen and oxygen atoms in total. The predicted molar refractivity (Wildman–Crippen MR) is 67.3 cm³/mol. The maximum atomic E-state index is 12.3. The molecule has 0 aromatic rings. The zero-order valence-electron chi connectivity index (χ0n) is 11.0. The summed E-state index contributed by atoms with van der Waals surface area (Å²) in [7, 11) is 0. The second kappa shape index (κ2) is 5.59. The Balaban J connectivity index is 1.90. The fourth-order valence-electron chi connectivity index (χ4n) is 2.75. The molecule has 5 heteroatoms. The molecule has 0 radical (unpaired) electrons. The lowest BCUT2D eigenvalue weighted by atomic mass is 9.97. The van der Waals surface area contributed by atoms with E-state index in [0.717, 1.165) is 32.4 Å². The molecular weight excluding hydrogens is 232 g/mol. The van der Waals surface area contributed by atoms with Crippen LogP contribution in [0.15, 0.2) is 0 Å². The van der Waals surface area contributed by atoms with Crippen molar-refractivity contribution in [2.24, 2.45) is 11.8 Å². The standard InChI is InChI=1S/C13H22N2O3/c1-10-4-7-14(8-5-10)13(18)15-6-2-3-11(9-15)12(16)17/h10-11H,2-9H2,1H3,(H,16,17)/t11-/m1/s1. The van der Waals surface area contributed by atoms with E-state index in [-0.39, 0.29) is 11.9 Å². The molecule has 2 amide bonds. The van der Waals surface area contributed by atoms with Gasteiger partial charge in [0.2, 0.25) is 0 Å². The predicted octanol–water partition coefficient (Wildman–Crippen LogP) is 1.63. The minimum absolute atomic E-state index is 0.0350. The van der Waals surface area contributed by atoms with Crippen molar-refractivity contribution >= 4 is 12.0 Å². The SMILES string of the molecule is CC1CCN(C(=O)N2CCC[C@@H](C(=O)O)C2)CC1. The fraction of sp³-hybridized carbons (Fsp3) is 0.846. The van der Waals surface area contributed by atoms with Crippen LogP contribution in [0.5, 0.6) is 0 Å². The van der Waals surface area contributed by atoms with Gasteiger partial charge in [0.05, 0.1) is 5.92 Å². The molecule has 2 fully saturated rings. The van der Waals surface area contributed by atoms with Gasteiger partial charge in [0.1, 0.15) is 0 Å². The number of carboxylic acids is 1. The third-order valence-electron chi connectivity index (χ3n) is 4.10. The number of hydrogen-bond donors (Lipinski definition) is 1. The van der Waals surface area contributed by atoms with Gasteiger partial charge in [0.25, 0.3) is 0 Å². The summed E-state index contributed by atoms with van der Waals surface area (Å²) in [5, 5.41) is 9.03. The summed E-state index contributed by atoms with van der Waals surface area (Å²) < 4.78 is 0. The Morgan fingerprint density at radius 3 is 2.33 bits per heavy atom. The first kappa shape index (κ1) is 13.2. The molecule has 1 N–H and O–H groups in total. The van der Waals surface area contributed by atoms with Gasteiger partial charge in [-0.05, 0) is 31.6 Å². The van der Waals surface area contributed by atoms with Crippen LogP contribution >= 0.6 is 0 Å². The zero-order chi connectivity index (χ0) is 13.1. The van der Waals surface area contributed by atoms with Crippen molar-refractivity contribution in [3.8, 4) is 0 Å². The molecule has 2 saturated heterocycles. The zero-order valence-corrected chi connectivity index (χ0v) is 11.0. The van der Waals surface area contributed by atoms with E-state index in [1.807, 2.05) is 4.90 Å². The Morgan fingerprint density at radius 1 is 1.06 bits per heavy atom. The van der Waals surface area contributed by atoms with Crippen LogP contribution in [0.4, 0.5) is 4.79 Å². The maximum Gasteiger partial charge on any atom is 0.320 e. The highest BCUT2D eigenvalue weighted by Gasteiger charge is 2.31. The molecule has 2 aliphatic rings. The summed E-state index contributed by atoms with van der Waals surface area (Å²) in [6.07, 6.45) is 3.60. The van der Waals surface area contributed by atoms with Crippen molar-refractivity contribution in [3.05, 3.63) is 0 Å². The Kier molecular flexibility index (Phi) is 4.09. The molecule has 2 aliphatic heterocycles. The first-order chi connectivity index (χ1) is 8.58. The van der Waals surface area contributed by atoms with Gasteiger partial charge in [-0.15, -0.1) is 0 Å². The van der Waals surface area contributed by atoms with Crippen LogP contribution in [0.1, 0.15) is 32.6 Å². The molecular formula is C13H22N2O3. The lowest BCUT2D eigenvalue weighted by Crippen LogP contribution is -2.50. The van der Waals surface area contributed by atoms with E-state index in [2.05, 4.69) is 6.92 Å². The third kappa shape index (κ3) is 2.94. The fourth-order valence-corrected chi connectivity index (χ4v) is 2.75. The highest BCUT2D eigenvalue weighted by molar-refractivity contribution is 5.76. The highest BCUT2D eigenvalue weighted by atomic mass is 16.4. The van der Waals surface area contributed by atoms with Gasteiger partial charge in [0, 0.05) is 26.2 Å². The normalized spacial score (nSPS) is 26.2. The van der Waals surface area contributed by atoms with Crippen LogP contribution in [-0.2, 0) is 4.79 Å². The number of urea groups is 1. The summed E-state index contributed by atoms with van der Waals surface area (Å²) in [6, 6.07) is 0.0350. The van der Waals surface area contributed by atoms with Gasteiger partial charge >= 0.3 is 12.0 Å². The van der Waals surface area contributed by atoms with E-state index in [0.29, 0.717) is 25.4 Å². The highest BCUT2D eigenvalue weighted by Crippen LogP contribution is 2.21. The van der Waals surface area contributed by atoms with Crippen LogP contribution in [0.25, 0.3) is 0 Å². The molecule has 1 atom stereocenters. The van der Waals surface area contributed by atoms with E-state index < -0.39 is 5.97 Å². The van der Waals surface area contributed by atoms with Crippen molar-refractivity contribution in [2.45, 2.75) is 32.6 Å². The third-order valence-corrected chi connectivity index (χ3v) is 4.10. The topological polar surface area (TPSA) is 60.9 Å². The number of amides is 2. The summed E-state index contributed by atoms with van der Waals surface area (Å²) >= 11 is 0. The van der Waals surface area contributed by atoms with Crippen LogP contribution in [0.3, 0.4) is 0 Å². The van der Waals surface area contributed by atoms with Gasteiger partial charge in [-0.2, -0.15) is 0 Å². The molecule has 0 spiro atoms. The van der Waals surface area contributed by atoms with E-state index in [1.165, 1.54) is 0 Å². The molecule has 102 valence electrons. The molecule has 0 unspecified atom stereocenters. The van der Waals surface area contributed by atoms with Crippen LogP contribution in [0, 0.1) is 11.8 Å². The Hall–Kier alpha value is -1.26. The van der Waals surface area contributed by atoms with Crippen LogP contribution < -0.4 is 0 Å². The van der Waals surface area contributed by atoms with Gasteiger partial charge < -0.3 is 14.9 Å². The second-order valence-electron chi connectivity index (χ2n) is 5.58. The van der Waals surface area contributed by atoms with E-state index in [9.17, 15) is 9.59 Å². The minimum Gasteiger partial charge on any atom is -0.481 e. The van der Waals surface area contributed by atoms with Crippen molar-refractivity contribution in [3.63, 3.8) is 0 Å². The number of nitrogens with zero attached hydrogens (tertiary/aromatic N) is 2. The Labute approximate surface area is 108 Å². The van der Waals surface area contributed by atoms with E-state index in [1.54, 1.807) is 4.90 Å². The van der Waals surface area contributed by atoms with Gasteiger partial charge in [0.15, 0.2) is 0 Å². The molecule has 0 aromatic heterocycles. The quantitative estimate of drug-likeness (QED) is 0.773. The van der Waals surface area contributed by atoms with Gasteiger partial charge in [-0.1, -0.05) is 6.92 Å². The smallest absolute Gasteiger partial charge is 0.320 e. The molecule has 2 heterocycles. The van der Waals surface area contributed by atoms with Crippen molar-refractivity contribution in [1.29, 1.82) is 0 Å². The molecule has 0 bridgehead atoms. The number of carbonyl (C=O) groups excluding carboxylic acids is 1. The monoisotopic (exact) mass is 254 g/mol. The first-order valence-corrected chi connectivity index (χ1v) is 6.84. The average molecular weight is 254 g/mol. The molecule has 2 rings (SSSR count). The number of rotatable bonds is 1. The number of hydrogen-bond acceptors (Lipinski definition) is 2. The number of carboxylic acid groups (broad SMARTS) is 1. The molecule has 0 aromatic carbocycles. The number of likely N-dealkylation sites (tertiary alicyclic amines) is 2. The summed E-state index contributed by atoms with van der Waals surface area (Å²) in [5.74, 6) is -0.464. The van der Waals surface area contributed by atoms with Gasteiger partial charge in [-0.25, -0.2) is 4.79 Å². The van der Waals surface area contributed by atoms with E-state index >= 15 is 0 Å². The second-order valence-corrected chi connectivity index (χ2v) is 5.58. The largest absolute Gasteiger partial charge is 0.481 e. The summed E-state index contributed by atoms with van der Waals surface area (Å²) in [4.78, 5) is 26.9. The Bertz CT molecular complexity index is 324. The summed E-state index contributed by atoms with van der Waals surface area (Å²) in [5.41, 5.74) is 0. The first-order valence-electron chi connectivity index (χ1n) is 6.84. The molecule has 0 saturated carbocycles. The van der Waals surface area contributed by atoms with Crippen LogP contribution in [0.2, 0.25) is 0 Å². The number of carbonyl (C=O) groups is 2. The van der Waals surface area contributed by atoms with E-state index in [4.69, 9.17) is 5.11 Å². The number of aliphatic carboxylic acids is 1. The van der Waals surface area contributed by atoms with Crippen molar-refractivity contribution in [1.82, 2.24) is 9.80 Å². The Morgan fingerprint density at radius 2 is 1.72 bits per heavy atom. The lowest BCUT2D eigenvalue weighted by Gasteiger charge is -2.37. The van der Waals surface area contributed by atoms with Crippen LogP contribution in [-0.4, -0.2) is 53.1 Å². The molecule has 18 heavy (non-hydrogen) atoms. The minimum atomic E-state index is -0.778. The van der Waals surface area contributed by atoms with Crippen molar-refractivity contribution < 1.29 is 14.7 Å². The number of piperidine rings is 2.